The van der Waals surface area contributed by atoms with Gasteiger partial charge >= 0.3 is 0 Å². The Morgan fingerprint density at radius 1 is 1.00 bits per heavy atom. The SMILES string of the molecule is COc1ccccc1Cc1cccc(C2CCCN2Cc2ccccn2)n1. The summed E-state index contributed by atoms with van der Waals surface area (Å²) >= 11 is 0. The number of hydrogen-bond acceptors (Lipinski definition) is 4. The standard InChI is InChI=1S/C23H25N3O/c1-27-23-13-3-2-8-18(23)16-19-10-6-11-21(25-19)22-12-7-15-26(22)17-20-9-4-5-14-24-20/h2-6,8-11,13-14,22H,7,12,15-17H2,1H3. The van der Waals surface area contributed by atoms with Crippen LogP contribution in [-0.4, -0.2) is 28.5 Å². The summed E-state index contributed by atoms with van der Waals surface area (Å²) < 4.78 is 5.49. The highest BCUT2D eigenvalue weighted by Crippen LogP contribution is 2.32. The Hall–Kier alpha value is -2.72. The number of benzene rings is 1. The molecule has 1 aromatic carbocycles. The van der Waals surface area contributed by atoms with Crippen LogP contribution in [0.3, 0.4) is 0 Å². The van der Waals surface area contributed by atoms with Crippen molar-refractivity contribution in [2.24, 2.45) is 0 Å². The van der Waals surface area contributed by atoms with Crippen molar-refractivity contribution in [3.63, 3.8) is 0 Å². The van der Waals surface area contributed by atoms with Crippen LogP contribution in [0.25, 0.3) is 0 Å². The van der Waals surface area contributed by atoms with Crippen molar-refractivity contribution in [1.82, 2.24) is 14.9 Å². The van der Waals surface area contributed by atoms with E-state index in [1.807, 2.05) is 30.5 Å². The first kappa shape index (κ1) is 17.7. The summed E-state index contributed by atoms with van der Waals surface area (Å²) in [4.78, 5) is 12.0. The molecule has 0 saturated carbocycles. The minimum Gasteiger partial charge on any atom is -0.496 e. The summed E-state index contributed by atoms with van der Waals surface area (Å²) in [5, 5.41) is 0. The van der Waals surface area contributed by atoms with E-state index in [4.69, 9.17) is 9.72 Å². The lowest BCUT2D eigenvalue weighted by Crippen LogP contribution is -2.24. The fraction of sp³-hybridized carbons (Fsp3) is 0.304. The molecule has 0 aliphatic carbocycles. The Balaban J connectivity index is 1.53. The zero-order chi connectivity index (χ0) is 18.5. The summed E-state index contributed by atoms with van der Waals surface area (Å²) in [6, 6.07) is 21.0. The Morgan fingerprint density at radius 2 is 1.85 bits per heavy atom. The molecule has 3 heterocycles. The number of likely N-dealkylation sites (tertiary alicyclic amines) is 1. The maximum absolute atomic E-state index is 5.49. The Bertz CT molecular complexity index is 882. The van der Waals surface area contributed by atoms with Gasteiger partial charge in [-0.15, -0.1) is 0 Å². The average molecular weight is 359 g/mol. The van der Waals surface area contributed by atoms with Gasteiger partial charge in [-0.25, -0.2) is 0 Å². The molecule has 2 aromatic heterocycles. The Kier molecular flexibility index (Phi) is 5.45. The van der Waals surface area contributed by atoms with Gasteiger partial charge in [0.1, 0.15) is 5.75 Å². The quantitative estimate of drug-likeness (QED) is 0.653. The third-order valence-electron chi connectivity index (χ3n) is 5.19. The number of nitrogens with zero attached hydrogens (tertiary/aromatic N) is 3. The molecule has 0 spiro atoms. The maximum atomic E-state index is 5.49. The zero-order valence-electron chi connectivity index (χ0n) is 15.7. The van der Waals surface area contributed by atoms with Crippen LogP contribution in [0.2, 0.25) is 0 Å². The number of methoxy groups -OCH3 is 1. The predicted octanol–water partition coefficient (Wildman–Crippen LogP) is 4.41. The molecule has 1 atom stereocenters. The molecule has 1 fully saturated rings. The van der Waals surface area contributed by atoms with E-state index in [0.717, 1.165) is 48.8 Å². The number of aromatic nitrogens is 2. The number of para-hydroxylation sites is 1. The van der Waals surface area contributed by atoms with Crippen LogP contribution in [0.5, 0.6) is 5.75 Å². The molecule has 1 aliphatic heterocycles. The van der Waals surface area contributed by atoms with Crippen molar-refractivity contribution in [3.8, 4) is 5.75 Å². The van der Waals surface area contributed by atoms with Crippen molar-refractivity contribution in [2.75, 3.05) is 13.7 Å². The summed E-state index contributed by atoms with van der Waals surface area (Å²) in [5.41, 5.74) is 4.54. The second kappa shape index (κ2) is 8.31. The first-order valence-electron chi connectivity index (χ1n) is 9.55. The van der Waals surface area contributed by atoms with E-state index in [-0.39, 0.29) is 0 Å². The van der Waals surface area contributed by atoms with E-state index >= 15 is 0 Å². The van der Waals surface area contributed by atoms with Crippen LogP contribution in [-0.2, 0) is 13.0 Å². The maximum Gasteiger partial charge on any atom is 0.122 e. The molecule has 0 N–H and O–H groups in total. The van der Waals surface area contributed by atoms with Gasteiger partial charge in [-0.1, -0.05) is 30.3 Å². The van der Waals surface area contributed by atoms with E-state index in [2.05, 4.69) is 46.3 Å². The molecular formula is C23H25N3O. The minimum atomic E-state index is 0.365. The first-order valence-corrected chi connectivity index (χ1v) is 9.55. The fourth-order valence-corrected chi connectivity index (χ4v) is 3.88. The molecular weight excluding hydrogens is 334 g/mol. The molecule has 0 amide bonds. The number of pyridine rings is 2. The lowest BCUT2D eigenvalue weighted by atomic mass is 10.1. The molecule has 138 valence electrons. The molecule has 1 unspecified atom stereocenters. The monoisotopic (exact) mass is 359 g/mol. The van der Waals surface area contributed by atoms with Crippen LogP contribution in [0.1, 0.15) is 41.5 Å². The summed E-state index contributed by atoms with van der Waals surface area (Å²) in [6.07, 6.45) is 5.01. The first-order chi connectivity index (χ1) is 13.3. The predicted molar refractivity (Wildman–Crippen MR) is 107 cm³/mol. The second-order valence-corrected chi connectivity index (χ2v) is 6.99. The van der Waals surface area contributed by atoms with Gasteiger partial charge < -0.3 is 4.74 Å². The Morgan fingerprint density at radius 3 is 2.70 bits per heavy atom. The van der Waals surface area contributed by atoms with Crippen LogP contribution in [0.15, 0.2) is 66.9 Å². The largest absolute Gasteiger partial charge is 0.496 e. The molecule has 4 nitrogen and oxygen atoms in total. The molecule has 3 aromatic rings. The van der Waals surface area contributed by atoms with Gasteiger partial charge in [-0.3, -0.25) is 14.9 Å². The summed E-state index contributed by atoms with van der Waals surface area (Å²) in [6.45, 7) is 1.98. The highest BCUT2D eigenvalue weighted by Gasteiger charge is 2.27. The van der Waals surface area contributed by atoms with E-state index in [9.17, 15) is 0 Å². The molecule has 1 saturated heterocycles. The van der Waals surface area contributed by atoms with Crippen molar-refractivity contribution in [2.45, 2.75) is 31.8 Å². The average Bonchev–Trinajstić information content (AvgIpc) is 3.17. The Labute approximate surface area is 160 Å². The smallest absolute Gasteiger partial charge is 0.122 e. The molecule has 1 aliphatic rings. The number of hydrogen-bond donors (Lipinski definition) is 0. The lowest BCUT2D eigenvalue weighted by molar-refractivity contribution is 0.241. The van der Waals surface area contributed by atoms with Gasteiger partial charge in [0.25, 0.3) is 0 Å². The highest BCUT2D eigenvalue weighted by molar-refractivity contribution is 5.36. The van der Waals surface area contributed by atoms with Crippen molar-refractivity contribution >= 4 is 0 Å². The van der Waals surface area contributed by atoms with Gasteiger partial charge in [0.15, 0.2) is 0 Å². The van der Waals surface area contributed by atoms with Gasteiger partial charge in [-0.2, -0.15) is 0 Å². The minimum absolute atomic E-state index is 0.365. The van der Waals surface area contributed by atoms with Crippen molar-refractivity contribution < 1.29 is 4.74 Å². The van der Waals surface area contributed by atoms with Gasteiger partial charge in [-0.05, 0) is 49.7 Å². The summed E-state index contributed by atoms with van der Waals surface area (Å²) in [5.74, 6) is 0.919. The molecule has 4 rings (SSSR count). The third-order valence-corrected chi connectivity index (χ3v) is 5.19. The topological polar surface area (TPSA) is 38.2 Å². The van der Waals surface area contributed by atoms with E-state index in [0.29, 0.717) is 6.04 Å². The number of ether oxygens (including phenoxy) is 1. The molecule has 0 radical (unpaired) electrons. The molecule has 0 bridgehead atoms. The van der Waals surface area contributed by atoms with Crippen molar-refractivity contribution in [3.05, 3.63) is 89.5 Å². The van der Waals surface area contributed by atoms with Gasteiger partial charge in [0, 0.05) is 30.4 Å². The van der Waals surface area contributed by atoms with E-state index in [1.165, 1.54) is 12.0 Å². The van der Waals surface area contributed by atoms with Crippen molar-refractivity contribution in [1.29, 1.82) is 0 Å². The fourth-order valence-electron chi connectivity index (χ4n) is 3.88. The normalized spacial score (nSPS) is 17.1. The second-order valence-electron chi connectivity index (χ2n) is 6.99. The van der Waals surface area contributed by atoms with E-state index in [1.54, 1.807) is 7.11 Å². The number of rotatable bonds is 6. The lowest BCUT2D eigenvalue weighted by Gasteiger charge is -2.24. The molecule has 4 heteroatoms. The molecule has 27 heavy (non-hydrogen) atoms. The van der Waals surface area contributed by atoms with Gasteiger partial charge in [0.05, 0.1) is 24.5 Å². The summed E-state index contributed by atoms with van der Waals surface area (Å²) in [7, 11) is 1.72. The van der Waals surface area contributed by atoms with Crippen LogP contribution in [0, 0.1) is 0 Å². The van der Waals surface area contributed by atoms with Crippen LogP contribution >= 0.6 is 0 Å². The van der Waals surface area contributed by atoms with Crippen LogP contribution in [0.4, 0.5) is 0 Å². The van der Waals surface area contributed by atoms with Crippen LogP contribution < -0.4 is 4.74 Å². The highest BCUT2D eigenvalue weighted by atomic mass is 16.5. The zero-order valence-corrected chi connectivity index (χ0v) is 15.7. The van der Waals surface area contributed by atoms with Gasteiger partial charge in [0.2, 0.25) is 0 Å². The van der Waals surface area contributed by atoms with E-state index < -0.39 is 0 Å². The third kappa shape index (κ3) is 4.17.